The van der Waals surface area contributed by atoms with Crippen LogP contribution in [0.3, 0.4) is 0 Å². The number of carboxylic acids is 1. The van der Waals surface area contributed by atoms with E-state index in [2.05, 4.69) is 10.4 Å². The average Bonchev–Trinajstić information content (AvgIpc) is 3.32. The summed E-state index contributed by atoms with van der Waals surface area (Å²) in [7, 11) is 0. The molecule has 1 heterocycles. The van der Waals surface area contributed by atoms with Crippen molar-refractivity contribution >= 4 is 17.7 Å². The predicted octanol–water partition coefficient (Wildman–Crippen LogP) is 2.53. The summed E-state index contributed by atoms with van der Waals surface area (Å²) in [6, 6.07) is 7.79. The fourth-order valence-corrected chi connectivity index (χ4v) is 4.02. The lowest BCUT2D eigenvalue weighted by atomic mass is 9.82. The van der Waals surface area contributed by atoms with Crippen molar-refractivity contribution in [2.24, 2.45) is 23.7 Å². The van der Waals surface area contributed by atoms with Gasteiger partial charge in [0.1, 0.15) is 5.82 Å². The number of halogens is 1. The molecule has 134 valence electrons. The van der Waals surface area contributed by atoms with E-state index in [1.54, 1.807) is 29.1 Å². The Bertz CT molecular complexity index is 874. The van der Waals surface area contributed by atoms with Gasteiger partial charge >= 0.3 is 5.97 Å². The molecule has 1 aromatic carbocycles. The highest BCUT2D eigenvalue weighted by Gasteiger charge is 2.51. The second-order valence-electron chi connectivity index (χ2n) is 6.85. The Labute approximate surface area is 149 Å². The molecule has 1 amide bonds. The molecule has 2 bridgehead atoms. The normalized spacial score (nSPS) is 26.2. The molecule has 0 spiro atoms. The van der Waals surface area contributed by atoms with Crippen molar-refractivity contribution in [3.05, 3.63) is 60.1 Å². The van der Waals surface area contributed by atoms with Gasteiger partial charge in [-0.25, -0.2) is 4.39 Å². The Morgan fingerprint density at radius 1 is 1.15 bits per heavy atom. The standard InChI is InChI=1S/C19H18FN3O3/c20-14-5-1-11(2-6-14)10-23-8-7-15(22-23)21-18(24)16-12-3-4-13(9-12)17(16)19(25)26/h1-8,12-13,16-17H,9-10H2,(H,25,26)(H,21,22,24). The number of amides is 1. The van der Waals surface area contributed by atoms with Crippen LogP contribution in [0, 0.1) is 29.5 Å². The topological polar surface area (TPSA) is 84.2 Å². The number of carbonyl (C=O) groups excluding carboxylic acids is 1. The molecule has 2 aromatic rings. The number of hydrogen-bond acceptors (Lipinski definition) is 3. The number of anilines is 1. The van der Waals surface area contributed by atoms with Gasteiger partial charge in [0, 0.05) is 12.3 Å². The monoisotopic (exact) mass is 355 g/mol. The maximum Gasteiger partial charge on any atom is 0.307 e. The molecule has 6 nitrogen and oxygen atoms in total. The van der Waals surface area contributed by atoms with Gasteiger partial charge in [0.15, 0.2) is 5.82 Å². The molecule has 0 aliphatic heterocycles. The summed E-state index contributed by atoms with van der Waals surface area (Å²) >= 11 is 0. The molecular weight excluding hydrogens is 337 g/mol. The van der Waals surface area contributed by atoms with Gasteiger partial charge in [-0.2, -0.15) is 5.10 Å². The number of fused-ring (bicyclic) bond motifs is 2. The number of benzene rings is 1. The van der Waals surface area contributed by atoms with Gasteiger partial charge in [0.05, 0.1) is 18.4 Å². The summed E-state index contributed by atoms with van der Waals surface area (Å²) in [5.41, 5.74) is 0.886. The van der Waals surface area contributed by atoms with Gasteiger partial charge in [-0.15, -0.1) is 0 Å². The molecule has 2 aliphatic carbocycles. The van der Waals surface area contributed by atoms with E-state index in [4.69, 9.17) is 0 Å². The predicted molar refractivity (Wildman–Crippen MR) is 91.7 cm³/mol. The van der Waals surface area contributed by atoms with E-state index in [0.717, 1.165) is 5.56 Å². The quantitative estimate of drug-likeness (QED) is 0.807. The maximum atomic E-state index is 13.0. The van der Waals surface area contributed by atoms with Crippen molar-refractivity contribution in [1.29, 1.82) is 0 Å². The zero-order valence-corrected chi connectivity index (χ0v) is 13.9. The Morgan fingerprint density at radius 2 is 1.85 bits per heavy atom. The van der Waals surface area contributed by atoms with Gasteiger partial charge < -0.3 is 10.4 Å². The number of aromatic nitrogens is 2. The molecule has 4 rings (SSSR count). The molecule has 1 saturated carbocycles. The van der Waals surface area contributed by atoms with Gasteiger partial charge in [-0.3, -0.25) is 14.3 Å². The highest BCUT2D eigenvalue weighted by atomic mass is 19.1. The first kappa shape index (κ1) is 16.5. The van der Waals surface area contributed by atoms with Crippen LogP contribution in [0.15, 0.2) is 48.7 Å². The fraction of sp³-hybridized carbons (Fsp3) is 0.316. The molecule has 1 aromatic heterocycles. The third kappa shape index (κ3) is 3.00. The SMILES string of the molecule is O=C(O)C1C2C=CC(C2)C1C(=O)Nc1ccn(Cc2ccc(F)cc2)n1. The van der Waals surface area contributed by atoms with Crippen LogP contribution in [0.1, 0.15) is 12.0 Å². The number of hydrogen-bond donors (Lipinski definition) is 2. The van der Waals surface area contributed by atoms with Gasteiger partial charge in [0.2, 0.25) is 5.91 Å². The van der Waals surface area contributed by atoms with Crippen molar-refractivity contribution in [2.75, 3.05) is 5.32 Å². The molecule has 26 heavy (non-hydrogen) atoms. The van der Waals surface area contributed by atoms with E-state index in [1.807, 2.05) is 12.2 Å². The molecule has 4 unspecified atom stereocenters. The van der Waals surface area contributed by atoms with E-state index >= 15 is 0 Å². The number of carbonyl (C=O) groups is 2. The fourth-order valence-electron chi connectivity index (χ4n) is 4.02. The summed E-state index contributed by atoms with van der Waals surface area (Å²) in [5.74, 6) is -2.48. The summed E-state index contributed by atoms with van der Waals surface area (Å²) in [6.45, 7) is 0.449. The second kappa shape index (κ2) is 6.40. The number of carboxylic acid groups (broad SMARTS) is 1. The lowest BCUT2D eigenvalue weighted by Gasteiger charge is -2.23. The maximum absolute atomic E-state index is 13.0. The van der Waals surface area contributed by atoms with Crippen LogP contribution >= 0.6 is 0 Å². The zero-order chi connectivity index (χ0) is 18.3. The van der Waals surface area contributed by atoms with Crippen molar-refractivity contribution in [1.82, 2.24) is 9.78 Å². The highest BCUT2D eigenvalue weighted by molar-refractivity contribution is 5.95. The van der Waals surface area contributed by atoms with Crippen LogP contribution in [0.25, 0.3) is 0 Å². The van der Waals surface area contributed by atoms with Gasteiger partial charge in [-0.1, -0.05) is 24.3 Å². The van der Waals surface area contributed by atoms with Crippen molar-refractivity contribution in [2.45, 2.75) is 13.0 Å². The summed E-state index contributed by atoms with van der Waals surface area (Å²) in [5, 5.41) is 16.5. The van der Waals surface area contributed by atoms with Crippen molar-refractivity contribution in [3.8, 4) is 0 Å². The minimum atomic E-state index is -0.927. The zero-order valence-electron chi connectivity index (χ0n) is 13.9. The third-order valence-electron chi connectivity index (χ3n) is 5.20. The summed E-state index contributed by atoms with van der Waals surface area (Å²) in [4.78, 5) is 24.2. The van der Waals surface area contributed by atoms with E-state index in [-0.39, 0.29) is 23.6 Å². The lowest BCUT2D eigenvalue weighted by Crippen LogP contribution is -2.36. The van der Waals surface area contributed by atoms with Crippen LogP contribution in [0.5, 0.6) is 0 Å². The number of nitrogens with zero attached hydrogens (tertiary/aromatic N) is 2. The van der Waals surface area contributed by atoms with E-state index in [9.17, 15) is 19.1 Å². The first-order valence-corrected chi connectivity index (χ1v) is 8.51. The minimum Gasteiger partial charge on any atom is -0.481 e. The molecule has 0 radical (unpaired) electrons. The Kier molecular flexibility index (Phi) is 4.06. The van der Waals surface area contributed by atoms with Gasteiger partial charge in [-0.05, 0) is 36.0 Å². The molecule has 7 heteroatoms. The molecule has 2 aliphatic rings. The first-order chi connectivity index (χ1) is 12.5. The Hall–Kier alpha value is -2.96. The molecule has 2 N–H and O–H groups in total. The number of nitrogens with one attached hydrogen (secondary N) is 1. The van der Waals surface area contributed by atoms with Gasteiger partial charge in [0.25, 0.3) is 0 Å². The largest absolute Gasteiger partial charge is 0.481 e. The van der Waals surface area contributed by atoms with Crippen molar-refractivity contribution < 1.29 is 19.1 Å². The van der Waals surface area contributed by atoms with Crippen LogP contribution < -0.4 is 5.32 Å². The second-order valence-corrected chi connectivity index (χ2v) is 6.85. The van der Waals surface area contributed by atoms with E-state index < -0.39 is 17.8 Å². The van der Waals surface area contributed by atoms with Crippen LogP contribution in [-0.4, -0.2) is 26.8 Å². The van der Waals surface area contributed by atoms with Crippen LogP contribution in [-0.2, 0) is 16.1 Å². The summed E-state index contributed by atoms with van der Waals surface area (Å²) < 4.78 is 14.6. The Balaban J connectivity index is 1.44. The summed E-state index contributed by atoms with van der Waals surface area (Å²) in [6.07, 6.45) is 6.29. The number of aliphatic carboxylic acids is 1. The van der Waals surface area contributed by atoms with Crippen LogP contribution in [0.2, 0.25) is 0 Å². The average molecular weight is 355 g/mol. The smallest absolute Gasteiger partial charge is 0.307 e. The molecular formula is C19H18FN3O3. The van der Waals surface area contributed by atoms with Crippen LogP contribution in [0.4, 0.5) is 10.2 Å². The molecule has 1 fully saturated rings. The lowest BCUT2D eigenvalue weighted by molar-refractivity contribution is -0.146. The minimum absolute atomic E-state index is 0.0256. The molecule has 4 atom stereocenters. The van der Waals surface area contributed by atoms with E-state index in [1.165, 1.54) is 12.1 Å². The third-order valence-corrected chi connectivity index (χ3v) is 5.20. The van der Waals surface area contributed by atoms with Crippen molar-refractivity contribution in [3.63, 3.8) is 0 Å². The van der Waals surface area contributed by atoms with E-state index in [0.29, 0.717) is 18.8 Å². The number of rotatable bonds is 5. The first-order valence-electron chi connectivity index (χ1n) is 8.51. The molecule has 0 saturated heterocycles. The Morgan fingerprint density at radius 3 is 2.54 bits per heavy atom. The number of allylic oxidation sites excluding steroid dienone is 2. The highest BCUT2D eigenvalue weighted by Crippen LogP contribution is 2.48.